The number of nitrogens with zero attached hydrogens (tertiary/aromatic N) is 9. The van der Waals surface area contributed by atoms with Crippen LogP contribution in [0.3, 0.4) is 0 Å². The van der Waals surface area contributed by atoms with Crippen molar-refractivity contribution in [1.82, 2.24) is 39.0 Å². The molecule has 0 bridgehead atoms. The third-order valence-electron chi connectivity index (χ3n) is 9.32. The van der Waals surface area contributed by atoms with Crippen LogP contribution in [0.4, 0.5) is 17.3 Å². The zero-order valence-electron chi connectivity index (χ0n) is 26.5. The molecule has 4 fully saturated rings. The van der Waals surface area contributed by atoms with E-state index in [0.717, 1.165) is 92.7 Å². The number of rotatable bonds is 8. The highest BCUT2D eigenvalue weighted by Gasteiger charge is 2.41. The lowest BCUT2D eigenvalue weighted by Crippen LogP contribution is -2.52. The highest BCUT2D eigenvalue weighted by molar-refractivity contribution is 7.90. The minimum Gasteiger partial charge on any atom is -0.379 e. The quantitative estimate of drug-likeness (QED) is 0.274. The fraction of sp³-hybridized carbons (Fsp3) is 0.455. The van der Waals surface area contributed by atoms with Gasteiger partial charge in [0, 0.05) is 69.1 Å². The monoisotopic (exact) mass is 668 g/mol. The van der Waals surface area contributed by atoms with Gasteiger partial charge in [0.15, 0.2) is 5.82 Å². The third kappa shape index (κ3) is 6.61. The molecule has 0 radical (unpaired) electrons. The van der Waals surface area contributed by atoms with Crippen LogP contribution in [-0.2, 0) is 26.0 Å². The van der Waals surface area contributed by atoms with Crippen molar-refractivity contribution >= 4 is 27.3 Å². The summed E-state index contributed by atoms with van der Waals surface area (Å²) in [5.41, 5.74) is 3.31. The lowest BCUT2D eigenvalue weighted by Gasteiger charge is -2.48. The first-order valence-electron chi connectivity index (χ1n) is 16.3. The Labute approximate surface area is 279 Å². The summed E-state index contributed by atoms with van der Waals surface area (Å²) in [6.45, 7) is 6.63. The van der Waals surface area contributed by atoms with Gasteiger partial charge >= 0.3 is 0 Å². The highest BCUT2D eigenvalue weighted by atomic mass is 32.2. The van der Waals surface area contributed by atoms with Crippen molar-refractivity contribution < 1.29 is 17.9 Å². The number of morpholine rings is 1. The summed E-state index contributed by atoms with van der Waals surface area (Å²) >= 11 is 0. The molecule has 4 aromatic rings. The highest BCUT2D eigenvalue weighted by Crippen LogP contribution is 2.39. The molecule has 1 aliphatic carbocycles. The zero-order valence-corrected chi connectivity index (χ0v) is 27.3. The molecule has 15 heteroatoms. The number of ether oxygens (including phenoxy) is 2. The summed E-state index contributed by atoms with van der Waals surface area (Å²) in [5.74, 6) is 8.34. The molecule has 3 saturated heterocycles. The molecule has 248 valence electrons. The zero-order chi connectivity index (χ0) is 32.6. The van der Waals surface area contributed by atoms with E-state index in [-0.39, 0.29) is 10.9 Å². The molecular formula is C33H36N10O4S. The Morgan fingerprint density at radius 2 is 1.71 bits per heavy atom. The fourth-order valence-corrected chi connectivity index (χ4v) is 7.71. The van der Waals surface area contributed by atoms with Crippen molar-refractivity contribution in [2.45, 2.75) is 49.5 Å². The van der Waals surface area contributed by atoms with Crippen molar-refractivity contribution in [3.05, 3.63) is 66.3 Å². The standard InChI is InChI=1S/C33H36N10O4S/c44-48(45,27-2-3-27)43-23-26(21-38-43)32-34-9-5-30(40-32)39-31-17-28(42-10-6-33(7-11-42)8-14-47-33)25(20-37-31)1-4-29-35-18-24(19-36-29)22-41-12-15-46-16-13-41/h5,9,17-21,23,27H,2-3,6-8,10-16,22H2,(H,34,37,39,40). The maximum Gasteiger partial charge on any atom is 0.256 e. The molecule has 4 aliphatic rings. The Bertz CT molecular complexity index is 1950. The minimum atomic E-state index is -3.48. The molecule has 0 atom stereocenters. The fourth-order valence-electron chi connectivity index (χ4n) is 6.23. The predicted molar refractivity (Wildman–Crippen MR) is 177 cm³/mol. The van der Waals surface area contributed by atoms with E-state index in [0.29, 0.717) is 41.7 Å². The van der Waals surface area contributed by atoms with Gasteiger partial charge in [-0.2, -0.15) is 9.19 Å². The Morgan fingerprint density at radius 1 is 0.917 bits per heavy atom. The summed E-state index contributed by atoms with van der Waals surface area (Å²) in [7, 11) is -3.48. The largest absolute Gasteiger partial charge is 0.379 e. The maximum atomic E-state index is 12.6. The summed E-state index contributed by atoms with van der Waals surface area (Å²) in [5, 5.41) is 7.00. The van der Waals surface area contributed by atoms with E-state index >= 15 is 0 Å². The summed E-state index contributed by atoms with van der Waals surface area (Å²) < 4.78 is 37.6. The first-order chi connectivity index (χ1) is 23.4. The van der Waals surface area contributed by atoms with E-state index in [1.807, 2.05) is 18.5 Å². The van der Waals surface area contributed by atoms with E-state index in [9.17, 15) is 8.42 Å². The maximum absolute atomic E-state index is 12.6. The van der Waals surface area contributed by atoms with Gasteiger partial charge in [0.2, 0.25) is 5.82 Å². The second kappa shape index (κ2) is 12.8. The van der Waals surface area contributed by atoms with Crippen LogP contribution in [0, 0.1) is 11.8 Å². The molecule has 1 N–H and O–H groups in total. The average Bonchev–Trinajstić information content (AvgIpc) is 3.85. The average molecular weight is 669 g/mol. The van der Waals surface area contributed by atoms with Gasteiger partial charge in [0.05, 0.1) is 59.9 Å². The van der Waals surface area contributed by atoms with Gasteiger partial charge in [-0.05, 0) is 44.1 Å². The lowest BCUT2D eigenvalue weighted by molar-refractivity contribution is -0.158. The second-order valence-corrected chi connectivity index (χ2v) is 14.7. The second-order valence-electron chi connectivity index (χ2n) is 12.6. The number of hydrogen-bond acceptors (Lipinski definition) is 13. The first-order valence-corrected chi connectivity index (χ1v) is 17.8. The number of nitrogens with one attached hydrogen (secondary N) is 1. The van der Waals surface area contributed by atoms with Crippen LogP contribution in [-0.4, -0.2) is 104 Å². The van der Waals surface area contributed by atoms with Crippen LogP contribution < -0.4 is 10.2 Å². The van der Waals surface area contributed by atoms with Crippen molar-refractivity contribution in [3.8, 4) is 23.2 Å². The van der Waals surface area contributed by atoms with Gasteiger partial charge in [-0.15, -0.1) is 0 Å². The van der Waals surface area contributed by atoms with E-state index in [4.69, 9.17) is 9.47 Å². The van der Waals surface area contributed by atoms with Crippen molar-refractivity contribution in [1.29, 1.82) is 0 Å². The summed E-state index contributed by atoms with van der Waals surface area (Å²) in [6, 6.07) is 3.72. The molecule has 1 spiro atoms. The Morgan fingerprint density at radius 3 is 2.44 bits per heavy atom. The number of aromatic nitrogens is 7. The molecule has 4 aromatic heterocycles. The van der Waals surface area contributed by atoms with E-state index in [2.05, 4.69) is 57.0 Å². The molecule has 14 nitrogen and oxygen atoms in total. The molecular weight excluding hydrogens is 632 g/mol. The molecule has 1 saturated carbocycles. The van der Waals surface area contributed by atoms with Crippen LogP contribution in [0.1, 0.15) is 49.1 Å². The van der Waals surface area contributed by atoms with Crippen molar-refractivity contribution in [2.24, 2.45) is 0 Å². The van der Waals surface area contributed by atoms with Gasteiger partial charge in [-0.25, -0.2) is 33.3 Å². The van der Waals surface area contributed by atoms with Crippen molar-refractivity contribution in [3.63, 3.8) is 0 Å². The number of piperidine rings is 1. The van der Waals surface area contributed by atoms with Gasteiger partial charge in [0.25, 0.3) is 10.0 Å². The molecule has 8 rings (SSSR count). The SMILES string of the molecule is O=S(=O)(C1CC1)n1cc(-c2nccc(Nc3cc(N4CCC5(CCO5)CC4)c(C#Cc4ncc(CN5CCOCC5)cn4)cn3)n2)cn1. The van der Waals surface area contributed by atoms with E-state index in [1.165, 1.54) is 12.4 Å². The minimum absolute atomic E-state index is 0.0103. The van der Waals surface area contributed by atoms with E-state index < -0.39 is 10.0 Å². The molecule has 7 heterocycles. The molecule has 3 aliphatic heterocycles. The van der Waals surface area contributed by atoms with Crippen LogP contribution >= 0.6 is 0 Å². The van der Waals surface area contributed by atoms with Crippen LogP contribution in [0.15, 0.2) is 49.3 Å². The van der Waals surface area contributed by atoms with Crippen LogP contribution in [0.25, 0.3) is 11.4 Å². The molecule has 0 unspecified atom stereocenters. The van der Waals surface area contributed by atoms with Gasteiger partial charge < -0.3 is 19.7 Å². The van der Waals surface area contributed by atoms with Gasteiger partial charge in [-0.3, -0.25) is 4.90 Å². The predicted octanol–water partition coefficient (Wildman–Crippen LogP) is 2.60. The van der Waals surface area contributed by atoms with Gasteiger partial charge in [-0.1, -0.05) is 5.92 Å². The van der Waals surface area contributed by atoms with E-state index in [1.54, 1.807) is 18.5 Å². The Balaban J connectivity index is 1.02. The summed E-state index contributed by atoms with van der Waals surface area (Å²) in [6.07, 6.45) is 14.3. The number of hydrogen-bond donors (Lipinski definition) is 1. The number of pyridine rings is 1. The lowest BCUT2D eigenvalue weighted by atomic mass is 9.84. The van der Waals surface area contributed by atoms with Gasteiger partial charge in [0.1, 0.15) is 11.6 Å². The first kappa shape index (κ1) is 30.8. The number of anilines is 3. The van der Waals surface area contributed by atoms with Crippen LogP contribution in [0.5, 0.6) is 0 Å². The summed E-state index contributed by atoms with van der Waals surface area (Å²) in [4.78, 5) is 27.3. The molecule has 0 aromatic carbocycles. The topological polar surface area (TPSA) is 153 Å². The third-order valence-corrected chi connectivity index (χ3v) is 11.4. The Hall–Kier alpha value is -4.49. The molecule has 48 heavy (non-hydrogen) atoms. The Kier molecular flexibility index (Phi) is 8.25. The van der Waals surface area contributed by atoms with Crippen LogP contribution in [0.2, 0.25) is 0 Å². The van der Waals surface area contributed by atoms with Crippen molar-refractivity contribution in [2.75, 3.05) is 56.2 Å². The normalized spacial score (nSPS) is 19.4. The smallest absolute Gasteiger partial charge is 0.256 e. The molecule has 0 amide bonds.